The van der Waals surface area contributed by atoms with Crippen LogP contribution in [0.5, 0.6) is 0 Å². The SMILES string of the molecule is CC1(C)c2ccccc2N2c3cc4c(oc5ccccc54)c4c3B(c3cccc1c32)N(c1ccc(-c2ccccc2)cc1)c1cc2c(cc1-4)oc1cc3ccccc3cc12. The Morgan fingerprint density at radius 3 is 2.03 bits per heavy atom. The third kappa shape index (κ3) is 4.11. The normalized spacial score (nSPS) is 14.5. The summed E-state index contributed by atoms with van der Waals surface area (Å²) in [6.07, 6.45) is 0. The number of para-hydroxylation sites is 3. The minimum Gasteiger partial charge on any atom is -0.456 e. The van der Waals surface area contributed by atoms with E-state index in [-0.39, 0.29) is 12.3 Å². The molecule has 0 bridgehead atoms. The summed E-state index contributed by atoms with van der Waals surface area (Å²) in [5, 5.41) is 6.81. The molecule has 3 aliphatic heterocycles. The summed E-state index contributed by atoms with van der Waals surface area (Å²) in [6, 6.07) is 64.4. The molecule has 0 aliphatic carbocycles. The molecular formula is C55H35BN2O2. The van der Waals surface area contributed by atoms with Crippen molar-refractivity contribution in [3.63, 3.8) is 0 Å². The highest BCUT2D eigenvalue weighted by atomic mass is 16.3. The lowest BCUT2D eigenvalue weighted by Crippen LogP contribution is -2.62. The van der Waals surface area contributed by atoms with E-state index in [1.165, 1.54) is 61.0 Å². The van der Waals surface area contributed by atoms with Crippen molar-refractivity contribution in [1.29, 1.82) is 0 Å². The van der Waals surface area contributed by atoms with Crippen molar-refractivity contribution in [2.24, 2.45) is 0 Å². The highest BCUT2D eigenvalue weighted by Crippen LogP contribution is 2.57. The van der Waals surface area contributed by atoms with E-state index in [1.54, 1.807) is 0 Å². The van der Waals surface area contributed by atoms with Crippen LogP contribution in [0, 0.1) is 0 Å². The first kappa shape index (κ1) is 32.5. The van der Waals surface area contributed by atoms with Crippen LogP contribution in [0.4, 0.5) is 28.4 Å². The largest absolute Gasteiger partial charge is 0.456 e. The van der Waals surface area contributed by atoms with Gasteiger partial charge in [-0.3, -0.25) is 0 Å². The summed E-state index contributed by atoms with van der Waals surface area (Å²) >= 11 is 0. The summed E-state index contributed by atoms with van der Waals surface area (Å²) in [4.78, 5) is 5.17. The van der Waals surface area contributed by atoms with E-state index in [0.717, 1.165) is 66.4 Å². The van der Waals surface area contributed by atoms with Gasteiger partial charge in [-0.1, -0.05) is 135 Å². The van der Waals surface area contributed by atoms with Crippen LogP contribution in [0.2, 0.25) is 0 Å². The Morgan fingerprint density at radius 1 is 0.483 bits per heavy atom. The lowest BCUT2D eigenvalue weighted by Gasteiger charge is -2.50. The van der Waals surface area contributed by atoms with Crippen molar-refractivity contribution in [2.75, 3.05) is 9.71 Å². The zero-order valence-corrected chi connectivity index (χ0v) is 33.0. The predicted octanol–water partition coefficient (Wildman–Crippen LogP) is 13.7. The fourth-order valence-electron chi connectivity index (χ4n) is 11.0. The molecule has 0 fully saturated rings. The average molecular weight is 767 g/mol. The van der Waals surface area contributed by atoms with Gasteiger partial charge in [0.2, 0.25) is 0 Å². The highest BCUT2D eigenvalue weighted by molar-refractivity contribution is 6.94. The summed E-state index contributed by atoms with van der Waals surface area (Å²) in [6.45, 7) is 4.60. The van der Waals surface area contributed by atoms with E-state index in [0.29, 0.717) is 0 Å². The fraction of sp³-hybridized carbons (Fsp3) is 0.0545. The summed E-state index contributed by atoms with van der Waals surface area (Å²) in [5.74, 6) is 0. The van der Waals surface area contributed by atoms with Crippen LogP contribution < -0.4 is 20.6 Å². The van der Waals surface area contributed by atoms with Crippen LogP contribution in [0.1, 0.15) is 25.0 Å². The van der Waals surface area contributed by atoms with Gasteiger partial charge >= 0.3 is 6.85 Å². The Labute approximate surface area is 346 Å². The quantitative estimate of drug-likeness (QED) is 0.164. The summed E-state index contributed by atoms with van der Waals surface area (Å²) in [5.41, 5.74) is 19.0. The van der Waals surface area contributed by atoms with E-state index in [4.69, 9.17) is 8.83 Å². The van der Waals surface area contributed by atoms with Gasteiger partial charge in [-0.05, 0) is 98.5 Å². The molecule has 0 spiro atoms. The van der Waals surface area contributed by atoms with Crippen molar-refractivity contribution >= 4 is 101 Å². The third-order valence-electron chi connectivity index (χ3n) is 13.8. The molecule has 0 saturated carbocycles. The molecule has 2 aromatic heterocycles. The zero-order valence-electron chi connectivity index (χ0n) is 33.0. The molecular weight excluding hydrogens is 731 g/mol. The molecule has 0 saturated heterocycles. The first-order valence-corrected chi connectivity index (χ1v) is 20.9. The molecule has 0 atom stereocenters. The van der Waals surface area contributed by atoms with E-state index in [9.17, 15) is 0 Å². The van der Waals surface area contributed by atoms with Gasteiger partial charge in [0, 0.05) is 60.8 Å². The molecule has 4 nitrogen and oxygen atoms in total. The molecule has 3 aliphatic rings. The zero-order chi connectivity index (χ0) is 39.4. The van der Waals surface area contributed by atoms with E-state index < -0.39 is 0 Å². The second-order valence-corrected chi connectivity index (χ2v) is 17.2. The lowest BCUT2D eigenvalue weighted by atomic mass is 9.42. The number of benzene rings is 9. The Balaban J connectivity index is 1.15. The van der Waals surface area contributed by atoms with E-state index >= 15 is 0 Å². The van der Waals surface area contributed by atoms with Crippen LogP contribution >= 0.6 is 0 Å². The van der Waals surface area contributed by atoms with Crippen molar-refractivity contribution in [2.45, 2.75) is 19.3 Å². The van der Waals surface area contributed by atoms with Gasteiger partial charge in [0.25, 0.3) is 0 Å². The second kappa shape index (κ2) is 11.4. The molecule has 0 amide bonds. The minimum absolute atomic E-state index is 0.161. The van der Waals surface area contributed by atoms with Crippen molar-refractivity contribution in [3.8, 4) is 22.3 Å². The van der Waals surface area contributed by atoms with Crippen LogP contribution in [0.25, 0.3) is 76.9 Å². The van der Waals surface area contributed by atoms with Crippen molar-refractivity contribution < 1.29 is 8.83 Å². The van der Waals surface area contributed by atoms with Crippen molar-refractivity contribution in [1.82, 2.24) is 0 Å². The molecule has 0 radical (unpaired) electrons. The van der Waals surface area contributed by atoms with E-state index in [1.807, 2.05) is 0 Å². The van der Waals surface area contributed by atoms with Crippen LogP contribution in [-0.2, 0) is 5.41 Å². The number of anilines is 5. The molecule has 5 heterocycles. The predicted molar refractivity (Wildman–Crippen MR) is 250 cm³/mol. The maximum atomic E-state index is 7.04. The topological polar surface area (TPSA) is 32.8 Å². The van der Waals surface area contributed by atoms with Crippen LogP contribution in [-0.4, -0.2) is 6.85 Å². The standard InChI is InChI=1S/C55H35BN2O2/c1-55(2)42-18-9-10-21-45(42)57-47-30-40-37-17-8-11-22-48(37)60-54(40)51-41-31-50-39(38-27-34-15-6-7-16-35(34)28-49(38)59-50)29-46(41)58(56(52(47)51)44-20-12-19-43(55)53(44)57)36-25-23-33(24-26-36)32-13-4-3-5-14-32/h3-31H,1-2H3. The van der Waals surface area contributed by atoms with Crippen LogP contribution in [0.15, 0.2) is 185 Å². The molecule has 60 heavy (non-hydrogen) atoms. The van der Waals surface area contributed by atoms with Gasteiger partial charge in [0.05, 0.1) is 5.69 Å². The first-order chi connectivity index (χ1) is 29.5. The lowest BCUT2D eigenvalue weighted by molar-refractivity contribution is 0.632. The summed E-state index contributed by atoms with van der Waals surface area (Å²) < 4.78 is 13.9. The van der Waals surface area contributed by atoms with Gasteiger partial charge in [-0.2, -0.15) is 0 Å². The average Bonchev–Trinajstić information content (AvgIpc) is 3.84. The molecule has 9 aromatic carbocycles. The fourth-order valence-corrected chi connectivity index (χ4v) is 11.0. The molecule has 14 rings (SSSR count). The molecule has 5 heteroatoms. The molecule has 0 unspecified atom stereocenters. The van der Waals surface area contributed by atoms with Gasteiger partial charge in [0.1, 0.15) is 22.3 Å². The number of rotatable bonds is 2. The van der Waals surface area contributed by atoms with Gasteiger partial charge < -0.3 is 18.5 Å². The molecule has 280 valence electrons. The molecule has 0 N–H and O–H groups in total. The maximum absolute atomic E-state index is 7.04. The van der Waals surface area contributed by atoms with Gasteiger partial charge in [-0.15, -0.1) is 0 Å². The smallest absolute Gasteiger partial charge is 0.333 e. The highest BCUT2D eigenvalue weighted by Gasteiger charge is 2.50. The number of hydrogen-bond acceptors (Lipinski definition) is 4. The number of furan rings is 2. The summed E-state index contributed by atoms with van der Waals surface area (Å²) in [7, 11) is 0. The number of fused-ring (bicyclic) bond motifs is 14. The Kier molecular flexibility index (Phi) is 6.15. The number of hydrogen-bond donors (Lipinski definition) is 0. The second-order valence-electron chi connectivity index (χ2n) is 17.2. The van der Waals surface area contributed by atoms with Crippen LogP contribution in [0.3, 0.4) is 0 Å². The maximum Gasteiger partial charge on any atom is 0.333 e. The Morgan fingerprint density at radius 2 is 1.17 bits per heavy atom. The third-order valence-corrected chi connectivity index (χ3v) is 13.8. The Hall–Kier alpha value is -7.50. The Bertz CT molecular complexity index is 3660. The molecule has 11 aromatic rings. The van der Waals surface area contributed by atoms with E-state index in [2.05, 4.69) is 199 Å². The first-order valence-electron chi connectivity index (χ1n) is 20.9. The number of nitrogens with zero attached hydrogens (tertiary/aromatic N) is 2. The van der Waals surface area contributed by atoms with Gasteiger partial charge in [-0.25, -0.2) is 0 Å². The monoisotopic (exact) mass is 766 g/mol. The van der Waals surface area contributed by atoms with Gasteiger partial charge in [0.15, 0.2) is 0 Å². The minimum atomic E-state index is -0.218. The van der Waals surface area contributed by atoms with Crippen molar-refractivity contribution in [3.05, 3.63) is 187 Å².